The molecule has 2 heterocycles. The first-order valence-electron chi connectivity index (χ1n) is 6.63. The van der Waals surface area contributed by atoms with E-state index in [1.54, 1.807) is 16.7 Å². The number of benzene rings is 1. The Balaban J connectivity index is 1.96. The molecule has 0 radical (unpaired) electrons. The molecule has 0 aliphatic carbocycles. The Morgan fingerprint density at radius 2 is 2.32 bits per heavy atom. The van der Waals surface area contributed by atoms with Crippen molar-refractivity contribution in [1.82, 2.24) is 14.9 Å². The van der Waals surface area contributed by atoms with Gasteiger partial charge in [0.25, 0.3) is 5.56 Å². The average molecular weight is 261 g/mol. The second kappa shape index (κ2) is 5.09. The lowest BCUT2D eigenvalue weighted by molar-refractivity contribution is 0.359. The summed E-state index contributed by atoms with van der Waals surface area (Å²) in [5.41, 5.74) is -0.0165. The Kier molecular flexibility index (Phi) is 3.29. The SMILES string of the molecule is O=c1c2cccc(F)c2ncn1CC1CCCCN1. The number of piperidine rings is 1. The van der Waals surface area contributed by atoms with E-state index in [1.165, 1.54) is 25.2 Å². The lowest BCUT2D eigenvalue weighted by Crippen LogP contribution is -2.39. The topological polar surface area (TPSA) is 46.9 Å². The Hall–Kier alpha value is -1.75. The summed E-state index contributed by atoms with van der Waals surface area (Å²) >= 11 is 0. The van der Waals surface area contributed by atoms with Crippen LogP contribution in [-0.4, -0.2) is 22.1 Å². The highest BCUT2D eigenvalue weighted by atomic mass is 19.1. The third-order valence-corrected chi connectivity index (χ3v) is 3.63. The van der Waals surface area contributed by atoms with Crippen LogP contribution in [0.5, 0.6) is 0 Å². The van der Waals surface area contributed by atoms with Gasteiger partial charge in [0, 0.05) is 12.6 Å². The molecule has 1 saturated heterocycles. The van der Waals surface area contributed by atoms with Crippen LogP contribution in [0.2, 0.25) is 0 Å². The van der Waals surface area contributed by atoms with Gasteiger partial charge in [-0.2, -0.15) is 0 Å². The van der Waals surface area contributed by atoms with Gasteiger partial charge in [-0.25, -0.2) is 9.37 Å². The van der Waals surface area contributed by atoms with E-state index in [0.717, 1.165) is 13.0 Å². The molecule has 1 atom stereocenters. The van der Waals surface area contributed by atoms with Crippen LogP contribution in [0.25, 0.3) is 10.9 Å². The van der Waals surface area contributed by atoms with Gasteiger partial charge in [0.1, 0.15) is 11.3 Å². The Morgan fingerprint density at radius 1 is 1.42 bits per heavy atom. The zero-order valence-corrected chi connectivity index (χ0v) is 10.6. The lowest BCUT2D eigenvalue weighted by Gasteiger charge is -2.23. The number of fused-ring (bicyclic) bond motifs is 1. The standard InChI is InChI=1S/C14H16FN3O/c15-12-6-3-5-11-13(12)17-9-18(14(11)19)8-10-4-1-2-7-16-10/h3,5-6,9-10,16H,1-2,4,7-8H2. The molecule has 19 heavy (non-hydrogen) atoms. The van der Waals surface area contributed by atoms with E-state index >= 15 is 0 Å². The second-order valence-electron chi connectivity index (χ2n) is 4.98. The third-order valence-electron chi connectivity index (χ3n) is 3.63. The summed E-state index contributed by atoms with van der Waals surface area (Å²) in [6.45, 7) is 1.59. The molecular formula is C14H16FN3O. The van der Waals surface area contributed by atoms with Crippen molar-refractivity contribution in [2.45, 2.75) is 31.8 Å². The fourth-order valence-corrected chi connectivity index (χ4v) is 2.60. The molecule has 1 aliphatic heterocycles. The highest BCUT2D eigenvalue weighted by molar-refractivity contribution is 5.77. The highest BCUT2D eigenvalue weighted by Gasteiger charge is 2.15. The Morgan fingerprint density at radius 3 is 3.11 bits per heavy atom. The minimum Gasteiger partial charge on any atom is -0.312 e. The zero-order valence-electron chi connectivity index (χ0n) is 10.6. The van der Waals surface area contributed by atoms with Gasteiger partial charge < -0.3 is 5.32 Å². The minimum absolute atomic E-state index is 0.153. The van der Waals surface area contributed by atoms with Crippen molar-refractivity contribution in [3.63, 3.8) is 0 Å². The van der Waals surface area contributed by atoms with Crippen LogP contribution < -0.4 is 10.9 Å². The Bertz CT molecular complexity index is 647. The van der Waals surface area contributed by atoms with Gasteiger partial charge in [-0.05, 0) is 31.5 Å². The van der Waals surface area contributed by atoms with Crippen molar-refractivity contribution in [3.8, 4) is 0 Å². The molecule has 1 aromatic carbocycles. The first kappa shape index (κ1) is 12.3. The van der Waals surface area contributed by atoms with E-state index in [2.05, 4.69) is 10.3 Å². The van der Waals surface area contributed by atoms with Crippen molar-refractivity contribution in [1.29, 1.82) is 0 Å². The van der Waals surface area contributed by atoms with Crippen LogP contribution in [0.1, 0.15) is 19.3 Å². The van der Waals surface area contributed by atoms with Gasteiger partial charge in [-0.3, -0.25) is 9.36 Å². The monoisotopic (exact) mass is 261 g/mol. The van der Waals surface area contributed by atoms with Crippen LogP contribution >= 0.6 is 0 Å². The number of hydrogen-bond donors (Lipinski definition) is 1. The molecule has 0 saturated carbocycles. The maximum absolute atomic E-state index is 13.5. The number of nitrogens with one attached hydrogen (secondary N) is 1. The van der Waals surface area contributed by atoms with Gasteiger partial charge in [0.15, 0.2) is 0 Å². The molecule has 3 rings (SSSR count). The van der Waals surface area contributed by atoms with Gasteiger partial charge >= 0.3 is 0 Å². The molecule has 0 amide bonds. The van der Waals surface area contributed by atoms with Crippen LogP contribution in [0.15, 0.2) is 29.3 Å². The predicted octanol–water partition coefficient (Wildman–Crippen LogP) is 1.68. The smallest absolute Gasteiger partial charge is 0.261 e. The summed E-state index contributed by atoms with van der Waals surface area (Å²) in [6.07, 6.45) is 4.88. The van der Waals surface area contributed by atoms with Crippen molar-refractivity contribution in [3.05, 3.63) is 40.7 Å². The largest absolute Gasteiger partial charge is 0.312 e. The van der Waals surface area contributed by atoms with Crippen molar-refractivity contribution < 1.29 is 4.39 Å². The van der Waals surface area contributed by atoms with E-state index in [4.69, 9.17) is 0 Å². The summed E-state index contributed by atoms with van der Waals surface area (Å²) < 4.78 is 15.1. The van der Waals surface area contributed by atoms with Crippen LogP contribution in [-0.2, 0) is 6.54 Å². The molecule has 0 bridgehead atoms. The molecule has 1 unspecified atom stereocenters. The number of nitrogens with zero attached hydrogens (tertiary/aromatic N) is 2. The molecule has 5 heteroatoms. The van der Waals surface area contributed by atoms with Crippen molar-refractivity contribution in [2.24, 2.45) is 0 Å². The Labute approximate surface area is 110 Å². The highest BCUT2D eigenvalue weighted by Crippen LogP contribution is 2.12. The number of hydrogen-bond acceptors (Lipinski definition) is 3. The molecule has 2 aromatic rings. The van der Waals surface area contributed by atoms with Crippen LogP contribution in [0.3, 0.4) is 0 Å². The van der Waals surface area contributed by atoms with E-state index in [1.807, 2.05) is 0 Å². The third kappa shape index (κ3) is 2.38. The lowest BCUT2D eigenvalue weighted by atomic mass is 10.1. The molecule has 1 N–H and O–H groups in total. The molecule has 1 aromatic heterocycles. The van der Waals surface area contributed by atoms with Gasteiger partial charge in [0.05, 0.1) is 11.7 Å². The number of para-hydroxylation sites is 1. The molecule has 4 nitrogen and oxygen atoms in total. The summed E-state index contributed by atoms with van der Waals surface area (Å²) in [5.74, 6) is -0.447. The minimum atomic E-state index is -0.447. The fourth-order valence-electron chi connectivity index (χ4n) is 2.60. The first-order chi connectivity index (χ1) is 9.25. The second-order valence-corrected chi connectivity index (χ2v) is 4.98. The first-order valence-corrected chi connectivity index (χ1v) is 6.63. The van der Waals surface area contributed by atoms with E-state index < -0.39 is 5.82 Å². The van der Waals surface area contributed by atoms with Crippen molar-refractivity contribution >= 4 is 10.9 Å². The molecular weight excluding hydrogens is 245 g/mol. The predicted molar refractivity (Wildman–Crippen MR) is 71.6 cm³/mol. The number of halogens is 1. The quantitative estimate of drug-likeness (QED) is 0.894. The maximum Gasteiger partial charge on any atom is 0.261 e. The molecule has 0 spiro atoms. The van der Waals surface area contributed by atoms with Crippen LogP contribution in [0.4, 0.5) is 4.39 Å². The van der Waals surface area contributed by atoms with Gasteiger partial charge in [-0.1, -0.05) is 12.5 Å². The zero-order chi connectivity index (χ0) is 13.2. The normalized spacial score (nSPS) is 19.7. The molecule has 1 fully saturated rings. The maximum atomic E-state index is 13.5. The summed E-state index contributed by atoms with van der Waals surface area (Å²) in [4.78, 5) is 16.4. The summed E-state index contributed by atoms with van der Waals surface area (Å²) in [7, 11) is 0. The van der Waals surface area contributed by atoms with E-state index in [9.17, 15) is 9.18 Å². The number of aromatic nitrogens is 2. The average Bonchev–Trinajstić information content (AvgIpc) is 2.44. The summed E-state index contributed by atoms with van der Waals surface area (Å²) in [6, 6.07) is 4.80. The van der Waals surface area contributed by atoms with Gasteiger partial charge in [0.2, 0.25) is 0 Å². The van der Waals surface area contributed by atoms with E-state index in [-0.39, 0.29) is 11.1 Å². The van der Waals surface area contributed by atoms with Gasteiger partial charge in [-0.15, -0.1) is 0 Å². The fraction of sp³-hybridized carbons (Fsp3) is 0.429. The molecule has 1 aliphatic rings. The molecule has 100 valence electrons. The van der Waals surface area contributed by atoms with Crippen molar-refractivity contribution in [2.75, 3.05) is 6.54 Å². The number of rotatable bonds is 2. The summed E-state index contributed by atoms with van der Waals surface area (Å²) in [5, 5.41) is 3.74. The van der Waals surface area contributed by atoms with E-state index in [0.29, 0.717) is 18.0 Å². The van der Waals surface area contributed by atoms with Crippen LogP contribution in [0, 0.1) is 5.82 Å².